The van der Waals surface area contributed by atoms with Crippen molar-refractivity contribution in [3.63, 3.8) is 0 Å². The average Bonchev–Trinajstić information content (AvgIpc) is 2.10. The Hall–Kier alpha value is -1.26. The molecule has 0 aliphatic heterocycles. The van der Waals surface area contributed by atoms with Crippen molar-refractivity contribution in [3.8, 4) is 23.7 Å². The third-order valence-electron chi connectivity index (χ3n) is 0.900. The minimum Gasteiger partial charge on any atom is -0.392 e. The standard InChI is InChI=1S/C9H10O3/c10-6-1-3-9(5-8-12)4-2-7-11/h5,10-12H,6-8H2. The summed E-state index contributed by atoms with van der Waals surface area (Å²) in [5.41, 5.74) is 0.403. The third kappa shape index (κ3) is 5.52. The van der Waals surface area contributed by atoms with Crippen LogP contribution in [0.4, 0.5) is 0 Å². The Morgan fingerprint density at radius 3 is 1.83 bits per heavy atom. The first-order valence-corrected chi connectivity index (χ1v) is 3.35. The summed E-state index contributed by atoms with van der Waals surface area (Å²) in [4.78, 5) is 0. The van der Waals surface area contributed by atoms with E-state index >= 15 is 0 Å². The van der Waals surface area contributed by atoms with Crippen molar-refractivity contribution in [3.05, 3.63) is 11.6 Å². The molecule has 0 saturated heterocycles. The van der Waals surface area contributed by atoms with Crippen LogP contribution < -0.4 is 0 Å². The number of hydrogen-bond acceptors (Lipinski definition) is 3. The topological polar surface area (TPSA) is 60.7 Å². The Bertz CT molecular complexity index is 233. The molecule has 0 unspecified atom stereocenters. The van der Waals surface area contributed by atoms with Crippen molar-refractivity contribution < 1.29 is 15.3 Å². The molecule has 0 aromatic rings. The van der Waals surface area contributed by atoms with Crippen LogP contribution in [0.15, 0.2) is 11.6 Å². The van der Waals surface area contributed by atoms with Gasteiger partial charge in [-0.05, 0) is 6.08 Å². The predicted molar refractivity (Wildman–Crippen MR) is 44.9 cm³/mol. The van der Waals surface area contributed by atoms with E-state index in [1.54, 1.807) is 0 Å². The summed E-state index contributed by atoms with van der Waals surface area (Å²) in [6.45, 7) is -0.650. The van der Waals surface area contributed by atoms with Gasteiger partial charge in [0.25, 0.3) is 0 Å². The molecule has 0 bridgehead atoms. The molecule has 0 heterocycles. The van der Waals surface area contributed by atoms with Crippen LogP contribution in [0.25, 0.3) is 0 Å². The zero-order chi connectivity index (χ0) is 9.23. The first kappa shape index (κ1) is 10.7. The number of allylic oxidation sites excluding steroid dienone is 1. The van der Waals surface area contributed by atoms with Crippen LogP contribution in [0.1, 0.15) is 0 Å². The molecule has 3 nitrogen and oxygen atoms in total. The van der Waals surface area contributed by atoms with Crippen LogP contribution in [0.2, 0.25) is 0 Å². The third-order valence-corrected chi connectivity index (χ3v) is 0.900. The largest absolute Gasteiger partial charge is 0.392 e. The molecular formula is C9H10O3. The molecule has 0 radical (unpaired) electrons. The normalized spacial score (nSPS) is 7.25. The summed E-state index contributed by atoms with van der Waals surface area (Å²) in [7, 11) is 0. The summed E-state index contributed by atoms with van der Waals surface area (Å²) in [6.07, 6.45) is 1.41. The van der Waals surface area contributed by atoms with Gasteiger partial charge in [-0.1, -0.05) is 23.7 Å². The molecule has 0 aromatic heterocycles. The van der Waals surface area contributed by atoms with E-state index in [1.807, 2.05) is 0 Å². The average molecular weight is 166 g/mol. The van der Waals surface area contributed by atoms with Gasteiger partial charge in [-0.2, -0.15) is 0 Å². The molecule has 0 aromatic carbocycles. The highest BCUT2D eigenvalue weighted by Gasteiger charge is 1.82. The van der Waals surface area contributed by atoms with Gasteiger partial charge >= 0.3 is 0 Å². The van der Waals surface area contributed by atoms with Gasteiger partial charge in [-0.15, -0.1) is 0 Å². The van der Waals surface area contributed by atoms with E-state index in [-0.39, 0.29) is 19.8 Å². The highest BCUT2D eigenvalue weighted by molar-refractivity contribution is 5.44. The Labute approximate surface area is 71.4 Å². The van der Waals surface area contributed by atoms with Crippen LogP contribution in [0, 0.1) is 23.7 Å². The molecule has 3 heteroatoms. The van der Waals surface area contributed by atoms with Crippen LogP contribution in [0.3, 0.4) is 0 Å². The van der Waals surface area contributed by atoms with E-state index in [4.69, 9.17) is 15.3 Å². The molecule has 0 aliphatic rings. The lowest BCUT2D eigenvalue weighted by Gasteiger charge is -1.83. The molecule has 0 rings (SSSR count). The van der Waals surface area contributed by atoms with Crippen molar-refractivity contribution in [1.82, 2.24) is 0 Å². The minimum atomic E-state index is -0.246. The monoisotopic (exact) mass is 166 g/mol. The molecular weight excluding hydrogens is 156 g/mol. The van der Waals surface area contributed by atoms with Crippen LogP contribution >= 0.6 is 0 Å². The maximum atomic E-state index is 8.50. The van der Waals surface area contributed by atoms with Gasteiger partial charge in [0.1, 0.15) is 13.2 Å². The van der Waals surface area contributed by atoms with E-state index in [0.29, 0.717) is 5.57 Å². The second-order valence-corrected chi connectivity index (χ2v) is 1.72. The van der Waals surface area contributed by atoms with Crippen molar-refractivity contribution in [2.24, 2.45) is 0 Å². The lowest BCUT2D eigenvalue weighted by atomic mass is 10.2. The fourth-order valence-electron chi connectivity index (χ4n) is 0.494. The quantitative estimate of drug-likeness (QED) is 0.433. The summed E-state index contributed by atoms with van der Waals surface area (Å²) in [5, 5.41) is 25.2. The minimum absolute atomic E-state index is 0.157. The van der Waals surface area contributed by atoms with Crippen molar-refractivity contribution >= 4 is 0 Å². The van der Waals surface area contributed by atoms with Gasteiger partial charge in [-0.25, -0.2) is 0 Å². The zero-order valence-corrected chi connectivity index (χ0v) is 6.54. The Kier molecular flexibility index (Phi) is 7.02. The van der Waals surface area contributed by atoms with E-state index < -0.39 is 0 Å². The molecule has 64 valence electrons. The van der Waals surface area contributed by atoms with Crippen molar-refractivity contribution in [2.45, 2.75) is 0 Å². The molecule has 0 spiro atoms. The molecule has 0 saturated carbocycles. The zero-order valence-electron chi connectivity index (χ0n) is 6.54. The van der Waals surface area contributed by atoms with Crippen molar-refractivity contribution in [1.29, 1.82) is 0 Å². The van der Waals surface area contributed by atoms with E-state index in [9.17, 15) is 0 Å². The predicted octanol–water partition coefficient (Wildman–Crippen LogP) is -1.10. The van der Waals surface area contributed by atoms with Crippen LogP contribution in [-0.2, 0) is 0 Å². The molecule has 0 amide bonds. The Morgan fingerprint density at radius 2 is 1.50 bits per heavy atom. The van der Waals surface area contributed by atoms with E-state index in [2.05, 4.69) is 23.7 Å². The van der Waals surface area contributed by atoms with Crippen molar-refractivity contribution in [2.75, 3.05) is 19.8 Å². The number of rotatable bonds is 1. The smallest absolute Gasteiger partial charge is 0.104 e. The lowest BCUT2D eigenvalue weighted by Crippen LogP contribution is -1.82. The maximum Gasteiger partial charge on any atom is 0.104 e. The summed E-state index contributed by atoms with van der Waals surface area (Å²) < 4.78 is 0. The van der Waals surface area contributed by atoms with Gasteiger partial charge in [0, 0.05) is 0 Å². The number of aliphatic hydroxyl groups excluding tert-OH is 3. The highest BCUT2D eigenvalue weighted by Crippen LogP contribution is 1.87. The van der Waals surface area contributed by atoms with E-state index in [1.165, 1.54) is 6.08 Å². The Morgan fingerprint density at radius 1 is 1.00 bits per heavy atom. The van der Waals surface area contributed by atoms with Gasteiger partial charge in [0.05, 0.1) is 12.2 Å². The molecule has 0 aliphatic carbocycles. The number of hydrogen-bond donors (Lipinski definition) is 3. The summed E-state index contributed by atoms with van der Waals surface area (Å²) in [5.74, 6) is 9.81. The molecule has 12 heavy (non-hydrogen) atoms. The Balaban J connectivity index is 4.34. The van der Waals surface area contributed by atoms with Crippen LogP contribution in [0.5, 0.6) is 0 Å². The SMILES string of the molecule is OCC#CC(C#CCO)=CCO. The number of aliphatic hydroxyl groups is 3. The van der Waals surface area contributed by atoms with Gasteiger partial charge < -0.3 is 15.3 Å². The molecule has 3 N–H and O–H groups in total. The van der Waals surface area contributed by atoms with E-state index in [0.717, 1.165) is 0 Å². The lowest BCUT2D eigenvalue weighted by molar-refractivity contribution is 0.342. The van der Waals surface area contributed by atoms with Gasteiger partial charge in [0.15, 0.2) is 0 Å². The molecule has 0 fully saturated rings. The fraction of sp³-hybridized carbons (Fsp3) is 0.333. The fourth-order valence-corrected chi connectivity index (χ4v) is 0.494. The first-order chi connectivity index (χ1) is 5.85. The summed E-state index contributed by atoms with van der Waals surface area (Å²) in [6, 6.07) is 0. The van der Waals surface area contributed by atoms with Gasteiger partial charge in [-0.3, -0.25) is 0 Å². The van der Waals surface area contributed by atoms with Gasteiger partial charge in [0.2, 0.25) is 0 Å². The second-order valence-electron chi connectivity index (χ2n) is 1.72. The van der Waals surface area contributed by atoms with Crippen LogP contribution in [-0.4, -0.2) is 35.1 Å². The second kappa shape index (κ2) is 7.84. The first-order valence-electron chi connectivity index (χ1n) is 3.35. The maximum absolute atomic E-state index is 8.50. The molecule has 0 atom stereocenters. The summed E-state index contributed by atoms with van der Waals surface area (Å²) >= 11 is 0. The highest BCUT2D eigenvalue weighted by atomic mass is 16.3.